The zero-order valence-corrected chi connectivity index (χ0v) is 11.9. The first-order chi connectivity index (χ1) is 9.30. The van der Waals surface area contributed by atoms with Crippen LogP contribution in [-0.2, 0) is 9.53 Å². The van der Waals surface area contributed by atoms with Crippen LogP contribution in [0.1, 0.15) is 6.92 Å². The summed E-state index contributed by atoms with van der Waals surface area (Å²) in [5, 5.41) is 5.51. The lowest BCUT2D eigenvalue weighted by atomic mass is 10.4. The highest BCUT2D eigenvalue weighted by Crippen LogP contribution is 2.15. The third-order valence-corrected chi connectivity index (χ3v) is 2.22. The Morgan fingerprint density at radius 3 is 2.50 bits per heavy atom. The standard InChI is InChI=1S/C11H21F3N4O2/c1-4-20-6-5-16-10(15-2)17-7-9(19)18(3)8-11(12,13)14/h4-8H2,1-3H3,(H2,15,16,17). The highest BCUT2D eigenvalue weighted by molar-refractivity contribution is 5.86. The predicted molar refractivity (Wildman–Crippen MR) is 69.5 cm³/mol. The van der Waals surface area contributed by atoms with Crippen molar-refractivity contribution in [1.82, 2.24) is 15.5 Å². The average molecular weight is 298 g/mol. The van der Waals surface area contributed by atoms with Gasteiger partial charge in [-0.1, -0.05) is 0 Å². The third kappa shape index (κ3) is 9.42. The van der Waals surface area contributed by atoms with Crippen molar-refractivity contribution in [2.24, 2.45) is 4.99 Å². The second-order valence-corrected chi connectivity index (χ2v) is 3.91. The van der Waals surface area contributed by atoms with Gasteiger partial charge in [0, 0.05) is 27.2 Å². The highest BCUT2D eigenvalue weighted by atomic mass is 19.4. The molecule has 9 heteroatoms. The number of hydrogen-bond donors (Lipinski definition) is 2. The Balaban J connectivity index is 4.02. The molecule has 0 aromatic rings. The highest BCUT2D eigenvalue weighted by Gasteiger charge is 2.31. The van der Waals surface area contributed by atoms with E-state index in [-0.39, 0.29) is 6.54 Å². The first-order valence-corrected chi connectivity index (χ1v) is 6.13. The van der Waals surface area contributed by atoms with Crippen molar-refractivity contribution in [2.75, 3.05) is 46.9 Å². The molecular formula is C11H21F3N4O2. The summed E-state index contributed by atoms with van der Waals surface area (Å²) in [6.07, 6.45) is -4.40. The molecule has 0 heterocycles. The monoisotopic (exact) mass is 298 g/mol. The number of halogens is 3. The summed E-state index contributed by atoms with van der Waals surface area (Å²) < 4.78 is 41.4. The van der Waals surface area contributed by atoms with E-state index in [0.717, 1.165) is 7.05 Å². The molecule has 6 nitrogen and oxygen atoms in total. The van der Waals surface area contributed by atoms with Crippen molar-refractivity contribution in [3.05, 3.63) is 0 Å². The second kappa shape index (κ2) is 9.40. The van der Waals surface area contributed by atoms with E-state index in [9.17, 15) is 18.0 Å². The summed E-state index contributed by atoms with van der Waals surface area (Å²) in [6.45, 7) is 1.88. The van der Waals surface area contributed by atoms with Gasteiger partial charge in [-0.3, -0.25) is 9.79 Å². The van der Waals surface area contributed by atoms with Crippen LogP contribution in [0.5, 0.6) is 0 Å². The van der Waals surface area contributed by atoms with Gasteiger partial charge in [-0.05, 0) is 6.92 Å². The number of nitrogens with one attached hydrogen (secondary N) is 2. The van der Waals surface area contributed by atoms with Gasteiger partial charge in [0.15, 0.2) is 5.96 Å². The zero-order chi connectivity index (χ0) is 15.6. The first-order valence-electron chi connectivity index (χ1n) is 6.13. The van der Waals surface area contributed by atoms with Crippen molar-refractivity contribution in [1.29, 1.82) is 0 Å². The number of rotatable bonds is 7. The third-order valence-electron chi connectivity index (χ3n) is 2.22. The molecule has 118 valence electrons. The molecule has 0 aromatic heterocycles. The number of carbonyl (C=O) groups excluding carboxylic acids is 1. The van der Waals surface area contributed by atoms with E-state index >= 15 is 0 Å². The largest absolute Gasteiger partial charge is 0.406 e. The Hall–Kier alpha value is -1.51. The van der Waals surface area contributed by atoms with Crippen molar-refractivity contribution in [3.63, 3.8) is 0 Å². The minimum atomic E-state index is -4.40. The minimum Gasteiger partial charge on any atom is -0.380 e. The molecule has 0 saturated carbocycles. The van der Waals surface area contributed by atoms with Gasteiger partial charge in [0.1, 0.15) is 6.54 Å². The number of guanidine groups is 1. The molecule has 0 unspecified atom stereocenters. The number of aliphatic imine (C=N–C) groups is 1. The van der Waals surface area contributed by atoms with E-state index in [1.54, 1.807) is 0 Å². The zero-order valence-electron chi connectivity index (χ0n) is 11.9. The molecule has 0 saturated heterocycles. The van der Waals surface area contributed by atoms with Gasteiger partial charge in [-0.15, -0.1) is 0 Å². The molecule has 0 aliphatic rings. The van der Waals surface area contributed by atoms with E-state index in [4.69, 9.17) is 4.74 Å². The van der Waals surface area contributed by atoms with E-state index in [0.29, 0.717) is 30.6 Å². The first kappa shape index (κ1) is 18.5. The molecule has 0 aromatic carbocycles. The summed E-state index contributed by atoms with van der Waals surface area (Å²) in [7, 11) is 2.60. The Morgan fingerprint density at radius 1 is 1.35 bits per heavy atom. The van der Waals surface area contributed by atoms with Crippen LogP contribution >= 0.6 is 0 Å². The maximum absolute atomic E-state index is 12.1. The van der Waals surface area contributed by atoms with Crippen LogP contribution in [0.25, 0.3) is 0 Å². The maximum Gasteiger partial charge on any atom is 0.406 e. The van der Waals surface area contributed by atoms with Gasteiger partial charge < -0.3 is 20.3 Å². The summed E-state index contributed by atoms with van der Waals surface area (Å²) in [5.41, 5.74) is 0. The fourth-order valence-electron chi connectivity index (χ4n) is 1.26. The van der Waals surface area contributed by atoms with Gasteiger partial charge in [-0.2, -0.15) is 13.2 Å². The summed E-state index contributed by atoms with van der Waals surface area (Å²) >= 11 is 0. The van der Waals surface area contributed by atoms with E-state index < -0.39 is 18.6 Å². The van der Waals surface area contributed by atoms with Crippen molar-refractivity contribution < 1.29 is 22.7 Å². The summed E-state index contributed by atoms with van der Waals surface area (Å²) in [5.74, 6) is -0.339. The van der Waals surface area contributed by atoms with Gasteiger partial charge in [0.05, 0.1) is 13.2 Å². The molecule has 0 rings (SSSR count). The molecule has 0 aliphatic carbocycles. The number of carbonyl (C=O) groups is 1. The second-order valence-electron chi connectivity index (χ2n) is 3.91. The lowest BCUT2D eigenvalue weighted by molar-refractivity contribution is -0.157. The van der Waals surface area contributed by atoms with Crippen LogP contribution in [0.15, 0.2) is 4.99 Å². The van der Waals surface area contributed by atoms with Crippen LogP contribution in [0.4, 0.5) is 13.2 Å². The minimum absolute atomic E-state index is 0.263. The van der Waals surface area contributed by atoms with Crippen molar-refractivity contribution >= 4 is 11.9 Å². The number of nitrogens with zero attached hydrogens (tertiary/aromatic N) is 2. The molecule has 20 heavy (non-hydrogen) atoms. The van der Waals surface area contributed by atoms with Gasteiger partial charge >= 0.3 is 6.18 Å². The number of hydrogen-bond acceptors (Lipinski definition) is 3. The molecule has 1 amide bonds. The topological polar surface area (TPSA) is 66.0 Å². The fraction of sp³-hybridized carbons (Fsp3) is 0.818. The molecule has 0 atom stereocenters. The van der Waals surface area contributed by atoms with E-state index in [1.807, 2.05) is 6.92 Å². The number of ether oxygens (including phenoxy) is 1. The summed E-state index contributed by atoms with van der Waals surface area (Å²) in [4.78, 5) is 15.9. The molecule has 0 radical (unpaired) electrons. The number of likely N-dealkylation sites (N-methyl/N-ethyl adjacent to an activating group) is 1. The van der Waals surface area contributed by atoms with Crippen molar-refractivity contribution in [3.8, 4) is 0 Å². The predicted octanol–water partition coefficient (Wildman–Crippen LogP) is 0.209. The summed E-state index contributed by atoms with van der Waals surface area (Å²) in [6, 6.07) is 0. The molecule has 2 N–H and O–H groups in total. The van der Waals surface area contributed by atoms with E-state index in [1.165, 1.54) is 7.05 Å². The van der Waals surface area contributed by atoms with Gasteiger partial charge in [0.2, 0.25) is 5.91 Å². The molecule has 0 fully saturated rings. The molecule has 0 bridgehead atoms. The lowest BCUT2D eigenvalue weighted by Crippen LogP contribution is -2.46. The van der Waals surface area contributed by atoms with Crippen LogP contribution in [0, 0.1) is 0 Å². The Labute approximate surface area is 116 Å². The molecular weight excluding hydrogens is 277 g/mol. The number of alkyl halides is 3. The van der Waals surface area contributed by atoms with Crippen LogP contribution in [0.3, 0.4) is 0 Å². The van der Waals surface area contributed by atoms with Crippen molar-refractivity contribution in [2.45, 2.75) is 13.1 Å². The SMILES string of the molecule is CCOCCNC(=NC)NCC(=O)N(C)CC(F)(F)F. The fourth-order valence-corrected chi connectivity index (χ4v) is 1.26. The Kier molecular flexibility index (Phi) is 8.69. The average Bonchev–Trinajstić information content (AvgIpc) is 2.35. The van der Waals surface area contributed by atoms with Gasteiger partial charge in [-0.25, -0.2) is 0 Å². The Morgan fingerprint density at radius 2 is 2.00 bits per heavy atom. The normalized spacial score (nSPS) is 12.2. The lowest BCUT2D eigenvalue weighted by Gasteiger charge is -2.19. The smallest absolute Gasteiger partial charge is 0.380 e. The van der Waals surface area contributed by atoms with Crippen LogP contribution < -0.4 is 10.6 Å². The molecule has 0 spiro atoms. The number of amides is 1. The van der Waals surface area contributed by atoms with Crippen LogP contribution in [0.2, 0.25) is 0 Å². The van der Waals surface area contributed by atoms with Gasteiger partial charge in [0.25, 0.3) is 0 Å². The maximum atomic E-state index is 12.1. The van der Waals surface area contributed by atoms with E-state index in [2.05, 4.69) is 15.6 Å². The molecule has 0 aliphatic heterocycles. The quantitative estimate of drug-likeness (QED) is 0.400. The Bertz CT molecular complexity index is 321. The van der Waals surface area contributed by atoms with Crippen LogP contribution in [-0.4, -0.2) is 69.9 Å².